The lowest BCUT2D eigenvalue weighted by Gasteiger charge is -2.31. The van der Waals surface area contributed by atoms with E-state index in [0.29, 0.717) is 12.6 Å². The van der Waals surface area contributed by atoms with Crippen molar-refractivity contribution in [3.05, 3.63) is 29.8 Å². The summed E-state index contributed by atoms with van der Waals surface area (Å²) >= 11 is 0. The minimum atomic E-state index is 0.0844. The number of hydrogen-bond acceptors (Lipinski definition) is 3. The number of nitrogens with zero attached hydrogens (tertiary/aromatic N) is 1. The number of benzene rings is 1. The van der Waals surface area contributed by atoms with E-state index >= 15 is 0 Å². The molecule has 20 heavy (non-hydrogen) atoms. The van der Waals surface area contributed by atoms with Crippen LogP contribution in [0, 0.1) is 6.92 Å². The fourth-order valence-electron chi connectivity index (χ4n) is 2.69. The standard InChI is InChI=1S/C16H25N3O/c1-3-17-14-8-10-19(11-9-14)12-16(20)18-15-7-5-4-6-13(15)2/h4-7,14,17H,3,8-12H2,1-2H3,(H,18,20). The molecule has 1 aromatic rings. The zero-order valence-electron chi connectivity index (χ0n) is 12.5. The summed E-state index contributed by atoms with van der Waals surface area (Å²) in [4.78, 5) is 14.3. The van der Waals surface area contributed by atoms with E-state index in [4.69, 9.17) is 0 Å². The number of piperidine rings is 1. The highest BCUT2D eigenvalue weighted by Crippen LogP contribution is 2.14. The third kappa shape index (κ3) is 4.32. The second-order valence-corrected chi connectivity index (χ2v) is 5.47. The third-order valence-corrected chi connectivity index (χ3v) is 3.87. The van der Waals surface area contributed by atoms with Crippen LogP contribution in [0.1, 0.15) is 25.3 Å². The van der Waals surface area contributed by atoms with Crippen LogP contribution >= 0.6 is 0 Å². The first kappa shape index (κ1) is 15.0. The molecule has 0 bridgehead atoms. The second-order valence-electron chi connectivity index (χ2n) is 5.47. The number of hydrogen-bond donors (Lipinski definition) is 2. The van der Waals surface area contributed by atoms with Gasteiger partial charge in [0.2, 0.25) is 5.91 Å². The van der Waals surface area contributed by atoms with Crippen LogP contribution in [0.5, 0.6) is 0 Å². The Hall–Kier alpha value is -1.39. The van der Waals surface area contributed by atoms with Crippen LogP contribution in [0.25, 0.3) is 0 Å². The van der Waals surface area contributed by atoms with Gasteiger partial charge in [0.25, 0.3) is 0 Å². The van der Waals surface area contributed by atoms with E-state index in [1.807, 2.05) is 31.2 Å². The van der Waals surface area contributed by atoms with E-state index in [1.54, 1.807) is 0 Å². The molecular weight excluding hydrogens is 250 g/mol. The highest BCUT2D eigenvalue weighted by atomic mass is 16.2. The van der Waals surface area contributed by atoms with Gasteiger partial charge in [-0.3, -0.25) is 9.69 Å². The van der Waals surface area contributed by atoms with Gasteiger partial charge in [-0.1, -0.05) is 25.1 Å². The van der Waals surface area contributed by atoms with Crippen molar-refractivity contribution in [2.75, 3.05) is 31.5 Å². The second kappa shape index (κ2) is 7.41. The fraction of sp³-hybridized carbons (Fsp3) is 0.562. The summed E-state index contributed by atoms with van der Waals surface area (Å²) in [6, 6.07) is 8.51. The highest BCUT2D eigenvalue weighted by Gasteiger charge is 2.20. The number of aryl methyl sites for hydroxylation is 1. The molecule has 0 atom stereocenters. The molecule has 0 radical (unpaired) electrons. The monoisotopic (exact) mass is 275 g/mol. The lowest BCUT2D eigenvalue weighted by Crippen LogP contribution is -2.44. The Labute approximate surface area is 121 Å². The van der Waals surface area contributed by atoms with Crippen molar-refractivity contribution in [3.63, 3.8) is 0 Å². The minimum Gasteiger partial charge on any atom is -0.325 e. The first-order valence-corrected chi connectivity index (χ1v) is 7.50. The molecule has 0 spiro atoms. The maximum Gasteiger partial charge on any atom is 0.238 e. The van der Waals surface area contributed by atoms with Crippen LogP contribution in [-0.2, 0) is 4.79 Å². The first-order chi connectivity index (χ1) is 9.69. The van der Waals surface area contributed by atoms with Gasteiger partial charge in [-0.15, -0.1) is 0 Å². The minimum absolute atomic E-state index is 0.0844. The summed E-state index contributed by atoms with van der Waals surface area (Å²) in [6.07, 6.45) is 2.26. The molecule has 0 unspecified atom stereocenters. The van der Waals surface area contributed by atoms with Crippen molar-refractivity contribution in [1.29, 1.82) is 0 Å². The Morgan fingerprint density at radius 3 is 2.65 bits per heavy atom. The Kier molecular flexibility index (Phi) is 5.56. The summed E-state index contributed by atoms with van der Waals surface area (Å²) in [6.45, 7) is 7.67. The molecule has 1 saturated heterocycles. The van der Waals surface area contributed by atoms with Gasteiger partial charge in [0.05, 0.1) is 6.54 Å². The van der Waals surface area contributed by atoms with Gasteiger partial charge in [0.15, 0.2) is 0 Å². The molecule has 1 amide bonds. The Morgan fingerprint density at radius 2 is 2.00 bits per heavy atom. The number of rotatable bonds is 5. The summed E-state index contributed by atoms with van der Waals surface area (Å²) in [5, 5.41) is 6.48. The molecule has 0 saturated carbocycles. The summed E-state index contributed by atoms with van der Waals surface area (Å²) in [5.41, 5.74) is 2.02. The van der Waals surface area contributed by atoms with Gasteiger partial charge >= 0.3 is 0 Å². The largest absolute Gasteiger partial charge is 0.325 e. The van der Waals surface area contributed by atoms with Crippen molar-refractivity contribution in [3.8, 4) is 0 Å². The quantitative estimate of drug-likeness (QED) is 0.864. The third-order valence-electron chi connectivity index (χ3n) is 3.87. The van der Waals surface area contributed by atoms with Crippen LogP contribution in [0.3, 0.4) is 0 Å². The number of likely N-dealkylation sites (tertiary alicyclic amines) is 1. The molecule has 2 N–H and O–H groups in total. The Morgan fingerprint density at radius 1 is 1.30 bits per heavy atom. The Balaban J connectivity index is 1.77. The van der Waals surface area contributed by atoms with Crippen LogP contribution in [0.15, 0.2) is 24.3 Å². The van der Waals surface area contributed by atoms with Crippen molar-refractivity contribution in [2.45, 2.75) is 32.7 Å². The summed E-state index contributed by atoms with van der Waals surface area (Å²) in [5.74, 6) is 0.0844. The van der Waals surface area contributed by atoms with E-state index in [-0.39, 0.29) is 5.91 Å². The molecule has 1 aromatic carbocycles. The molecule has 1 aliphatic rings. The molecule has 0 aliphatic carbocycles. The predicted octanol–water partition coefficient (Wildman–Crippen LogP) is 2.01. The SMILES string of the molecule is CCNC1CCN(CC(=O)Nc2ccccc2C)CC1. The molecule has 1 fully saturated rings. The van der Waals surface area contributed by atoms with Gasteiger partial charge in [0.1, 0.15) is 0 Å². The van der Waals surface area contributed by atoms with E-state index in [9.17, 15) is 4.79 Å². The lowest BCUT2D eigenvalue weighted by molar-refractivity contribution is -0.117. The van der Waals surface area contributed by atoms with Crippen molar-refractivity contribution in [1.82, 2.24) is 10.2 Å². The lowest BCUT2D eigenvalue weighted by atomic mass is 10.1. The maximum atomic E-state index is 12.1. The normalized spacial score (nSPS) is 17.1. The smallest absolute Gasteiger partial charge is 0.238 e. The number of nitrogens with one attached hydrogen (secondary N) is 2. The topological polar surface area (TPSA) is 44.4 Å². The number of carbonyl (C=O) groups is 1. The summed E-state index contributed by atoms with van der Waals surface area (Å²) in [7, 11) is 0. The van der Waals surface area contributed by atoms with E-state index in [2.05, 4.69) is 22.5 Å². The molecule has 1 aliphatic heterocycles. The molecule has 2 rings (SSSR count). The van der Waals surface area contributed by atoms with Gasteiger partial charge < -0.3 is 10.6 Å². The van der Waals surface area contributed by atoms with Gasteiger partial charge in [-0.2, -0.15) is 0 Å². The van der Waals surface area contributed by atoms with E-state index in [0.717, 1.165) is 43.7 Å². The molecule has 1 heterocycles. The van der Waals surface area contributed by atoms with E-state index in [1.165, 1.54) is 0 Å². The van der Waals surface area contributed by atoms with Crippen LogP contribution in [0.2, 0.25) is 0 Å². The molecule has 110 valence electrons. The van der Waals surface area contributed by atoms with E-state index < -0.39 is 0 Å². The van der Waals surface area contributed by atoms with Crippen LogP contribution in [0.4, 0.5) is 5.69 Å². The van der Waals surface area contributed by atoms with Crippen molar-refractivity contribution < 1.29 is 4.79 Å². The molecule has 0 aromatic heterocycles. The highest BCUT2D eigenvalue weighted by molar-refractivity contribution is 5.92. The zero-order chi connectivity index (χ0) is 14.4. The Bertz CT molecular complexity index is 439. The number of amides is 1. The van der Waals surface area contributed by atoms with Gasteiger partial charge in [-0.25, -0.2) is 0 Å². The summed E-state index contributed by atoms with van der Waals surface area (Å²) < 4.78 is 0. The van der Waals surface area contributed by atoms with Crippen molar-refractivity contribution in [2.24, 2.45) is 0 Å². The fourth-order valence-corrected chi connectivity index (χ4v) is 2.69. The van der Waals surface area contributed by atoms with Gasteiger partial charge in [0, 0.05) is 24.8 Å². The van der Waals surface area contributed by atoms with Crippen LogP contribution in [-0.4, -0.2) is 43.0 Å². The average molecular weight is 275 g/mol. The van der Waals surface area contributed by atoms with Gasteiger partial charge in [-0.05, 0) is 37.9 Å². The zero-order valence-corrected chi connectivity index (χ0v) is 12.5. The predicted molar refractivity (Wildman–Crippen MR) is 82.9 cm³/mol. The number of para-hydroxylation sites is 1. The molecule has 4 nitrogen and oxygen atoms in total. The maximum absolute atomic E-state index is 12.1. The number of carbonyl (C=O) groups excluding carboxylic acids is 1. The number of anilines is 1. The average Bonchev–Trinajstić information content (AvgIpc) is 2.44. The van der Waals surface area contributed by atoms with Crippen molar-refractivity contribution >= 4 is 11.6 Å². The molecule has 4 heteroatoms. The van der Waals surface area contributed by atoms with Crippen LogP contribution < -0.4 is 10.6 Å². The first-order valence-electron chi connectivity index (χ1n) is 7.50. The molecular formula is C16H25N3O.